The van der Waals surface area contributed by atoms with E-state index in [0.29, 0.717) is 12.5 Å². The van der Waals surface area contributed by atoms with E-state index in [1.807, 2.05) is 0 Å². The summed E-state index contributed by atoms with van der Waals surface area (Å²) in [5.41, 5.74) is 0. The minimum atomic E-state index is 0.324. The van der Waals surface area contributed by atoms with E-state index in [-0.39, 0.29) is 0 Å². The quantitative estimate of drug-likeness (QED) is 0.687. The Labute approximate surface area is 88.1 Å². The number of hydrogen-bond acceptors (Lipinski definition) is 2. The SMILES string of the molecule is CCC1CCCC1NCC(C)CCO. The highest BCUT2D eigenvalue weighted by Gasteiger charge is 2.25. The molecule has 84 valence electrons. The van der Waals surface area contributed by atoms with Crippen molar-refractivity contribution < 1.29 is 5.11 Å². The zero-order valence-corrected chi connectivity index (χ0v) is 9.63. The summed E-state index contributed by atoms with van der Waals surface area (Å²) in [5, 5.41) is 12.5. The van der Waals surface area contributed by atoms with Crippen LogP contribution in [-0.2, 0) is 0 Å². The van der Waals surface area contributed by atoms with Gasteiger partial charge < -0.3 is 10.4 Å². The van der Waals surface area contributed by atoms with Crippen LogP contribution in [0.1, 0.15) is 46.0 Å². The zero-order valence-electron chi connectivity index (χ0n) is 9.63. The molecular weight excluding hydrogens is 174 g/mol. The first-order chi connectivity index (χ1) is 6.77. The normalized spacial score (nSPS) is 29.4. The molecule has 0 saturated heterocycles. The van der Waals surface area contributed by atoms with Crippen molar-refractivity contribution in [1.82, 2.24) is 5.32 Å². The minimum Gasteiger partial charge on any atom is -0.396 e. The molecule has 2 nitrogen and oxygen atoms in total. The second-order valence-electron chi connectivity index (χ2n) is 4.73. The van der Waals surface area contributed by atoms with Crippen LogP contribution in [0, 0.1) is 11.8 Å². The van der Waals surface area contributed by atoms with Gasteiger partial charge in [0.1, 0.15) is 0 Å². The number of rotatable bonds is 6. The summed E-state index contributed by atoms with van der Waals surface area (Å²) in [6, 6.07) is 0.751. The number of aliphatic hydroxyl groups excluding tert-OH is 1. The molecule has 0 aromatic heterocycles. The van der Waals surface area contributed by atoms with Gasteiger partial charge in [-0.15, -0.1) is 0 Å². The molecule has 1 aliphatic rings. The molecule has 0 amide bonds. The molecule has 3 atom stereocenters. The summed E-state index contributed by atoms with van der Waals surface area (Å²) in [5.74, 6) is 1.51. The fraction of sp³-hybridized carbons (Fsp3) is 1.00. The second-order valence-corrected chi connectivity index (χ2v) is 4.73. The highest BCUT2D eigenvalue weighted by atomic mass is 16.3. The minimum absolute atomic E-state index is 0.324. The lowest BCUT2D eigenvalue weighted by Gasteiger charge is -2.21. The third-order valence-corrected chi connectivity index (χ3v) is 3.53. The Kier molecular flexibility index (Phi) is 5.49. The van der Waals surface area contributed by atoms with Crippen LogP contribution in [0.5, 0.6) is 0 Å². The Morgan fingerprint density at radius 1 is 1.43 bits per heavy atom. The zero-order chi connectivity index (χ0) is 10.4. The van der Waals surface area contributed by atoms with Gasteiger partial charge in [-0.2, -0.15) is 0 Å². The predicted octanol–water partition coefficient (Wildman–Crippen LogP) is 2.17. The fourth-order valence-electron chi connectivity index (χ4n) is 2.47. The van der Waals surface area contributed by atoms with Crippen molar-refractivity contribution in [2.45, 2.75) is 52.0 Å². The van der Waals surface area contributed by atoms with E-state index < -0.39 is 0 Å². The van der Waals surface area contributed by atoms with Gasteiger partial charge in [-0.25, -0.2) is 0 Å². The topological polar surface area (TPSA) is 32.3 Å². The third kappa shape index (κ3) is 3.58. The summed E-state index contributed by atoms with van der Waals surface area (Å²) >= 11 is 0. The van der Waals surface area contributed by atoms with E-state index in [1.54, 1.807) is 0 Å². The maximum Gasteiger partial charge on any atom is 0.0434 e. The van der Waals surface area contributed by atoms with Crippen LogP contribution >= 0.6 is 0 Å². The van der Waals surface area contributed by atoms with E-state index in [2.05, 4.69) is 19.2 Å². The Balaban J connectivity index is 2.16. The van der Waals surface area contributed by atoms with Gasteiger partial charge in [-0.05, 0) is 37.6 Å². The van der Waals surface area contributed by atoms with Crippen molar-refractivity contribution in [1.29, 1.82) is 0 Å². The van der Waals surface area contributed by atoms with E-state index in [4.69, 9.17) is 5.11 Å². The maximum atomic E-state index is 8.80. The number of aliphatic hydroxyl groups is 1. The fourth-order valence-corrected chi connectivity index (χ4v) is 2.47. The Bertz CT molecular complexity index is 149. The van der Waals surface area contributed by atoms with Gasteiger partial charge in [0.05, 0.1) is 0 Å². The summed E-state index contributed by atoms with van der Waals surface area (Å²) < 4.78 is 0. The highest BCUT2D eigenvalue weighted by molar-refractivity contribution is 4.82. The predicted molar refractivity (Wildman–Crippen MR) is 60.3 cm³/mol. The molecule has 0 aliphatic heterocycles. The molecule has 0 bridgehead atoms. The molecular formula is C12H25NO. The van der Waals surface area contributed by atoms with Crippen molar-refractivity contribution in [2.75, 3.05) is 13.2 Å². The molecule has 2 heteroatoms. The summed E-state index contributed by atoms with van der Waals surface area (Å²) in [4.78, 5) is 0. The van der Waals surface area contributed by atoms with Crippen molar-refractivity contribution in [3.8, 4) is 0 Å². The van der Waals surface area contributed by atoms with Crippen molar-refractivity contribution >= 4 is 0 Å². The van der Waals surface area contributed by atoms with Crippen LogP contribution in [0.15, 0.2) is 0 Å². The molecule has 0 aromatic rings. The van der Waals surface area contributed by atoms with E-state index >= 15 is 0 Å². The molecule has 2 N–H and O–H groups in total. The van der Waals surface area contributed by atoms with Crippen LogP contribution in [0.4, 0.5) is 0 Å². The maximum absolute atomic E-state index is 8.80. The molecule has 0 radical (unpaired) electrons. The van der Waals surface area contributed by atoms with Crippen molar-refractivity contribution in [3.63, 3.8) is 0 Å². The lowest BCUT2D eigenvalue weighted by molar-refractivity contribution is 0.254. The molecule has 3 unspecified atom stereocenters. The van der Waals surface area contributed by atoms with Crippen LogP contribution in [0.25, 0.3) is 0 Å². The van der Waals surface area contributed by atoms with Gasteiger partial charge in [-0.3, -0.25) is 0 Å². The van der Waals surface area contributed by atoms with E-state index in [1.165, 1.54) is 25.7 Å². The molecule has 1 fully saturated rings. The van der Waals surface area contributed by atoms with E-state index in [9.17, 15) is 0 Å². The second kappa shape index (κ2) is 6.41. The molecule has 0 spiro atoms. The van der Waals surface area contributed by atoms with Gasteiger partial charge in [0.2, 0.25) is 0 Å². The highest BCUT2D eigenvalue weighted by Crippen LogP contribution is 2.28. The summed E-state index contributed by atoms with van der Waals surface area (Å²) in [7, 11) is 0. The molecule has 1 rings (SSSR count). The smallest absolute Gasteiger partial charge is 0.0434 e. The first kappa shape index (κ1) is 12.0. The van der Waals surface area contributed by atoms with Gasteiger partial charge in [0, 0.05) is 12.6 Å². The Morgan fingerprint density at radius 2 is 2.21 bits per heavy atom. The van der Waals surface area contributed by atoms with Crippen LogP contribution in [-0.4, -0.2) is 24.3 Å². The van der Waals surface area contributed by atoms with Crippen molar-refractivity contribution in [3.05, 3.63) is 0 Å². The number of hydrogen-bond donors (Lipinski definition) is 2. The van der Waals surface area contributed by atoms with Crippen LogP contribution in [0.2, 0.25) is 0 Å². The van der Waals surface area contributed by atoms with Gasteiger partial charge in [0.15, 0.2) is 0 Å². The molecule has 14 heavy (non-hydrogen) atoms. The Morgan fingerprint density at radius 3 is 2.86 bits per heavy atom. The average molecular weight is 199 g/mol. The first-order valence-corrected chi connectivity index (χ1v) is 6.12. The lowest BCUT2D eigenvalue weighted by atomic mass is 10.00. The summed E-state index contributed by atoms with van der Waals surface area (Å²) in [6.07, 6.45) is 6.39. The largest absolute Gasteiger partial charge is 0.396 e. The number of nitrogens with one attached hydrogen (secondary N) is 1. The lowest BCUT2D eigenvalue weighted by Crippen LogP contribution is -2.35. The van der Waals surface area contributed by atoms with Crippen LogP contribution < -0.4 is 5.32 Å². The molecule has 0 heterocycles. The Hall–Kier alpha value is -0.0800. The first-order valence-electron chi connectivity index (χ1n) is 6.12. The monoisotopic (exact) mass is 199 g/mol. The van der Waals surface area contributed by atoms with E-state index in [0.717, 1.165) is 24.9 Å². The molecule has 0 aromatic carbocycles. The molecule has 1 saturated carbocycles. The van der Waals surface area contributed by atoms with Crippen LogP contribution in [0.3, 0.4) is 0 Å². The molecule has 1 aliphatic carbocycles. The summed E-state index contributed by atoms with van der Waals surface area (Å²) in [6.45, 7) is 5.90. The van der Waals surface area contributed by atoms with Crippen molar-refractivity contribution in [2.24, 2.45) is 11.8 Å². The third-order valence-electron chi connectivity index (χ3n) is 3.53. The van der Waals surface area contributed by atoms with Gasteiger partial charge >= 0.3 is 0 Å². The van der Waals surface area contributed by atoms with Gasteiger partial charge in [-0.1, -0.05) is 26.7 Å². The standard InChI is InChI=1S/C12H25NO/c1-3-11-5-4-6-12(11)13-9-10(2)7-8-14/h10-14H,3-9H2,1-2H3. The van der Waals surface area contributed by atoms with Gasteiger partial charge in [0.25, 0.3) is 0 Å². The average Bonchev–Trinajstić information content (AvgIpc) is 2.62.